The average Bonchev–Trinajstić information content (AvgIpc) is 3.16. The van der Waals surface area contributed by atoms with Crippen LogP contribution in [0, 0.1) is 24.4 Å². The van der Waals surface area contributed by atoms with Gasteiger partial charge in [0.1, 0.15) is 5.82 Å². The minimum absolute atomic E-state index is 0.0142. The normalized spacial score (nSPS) is 11.4. The van der Waals surface area contributed by atoms with Crippen LogP contribution in [0.25, 0.3) is 11.0 Å². The number of H-pyrrole nitrogens is 1. The molecule has 2 aromatic carbocycles. The smallest absolute Gasteiger partial charge is 0.331 e. The molecule has 3 heterocycles. The van der Waals surface area contributed by atoms with E-state index in [4.69, 9.17) is 23.2 Å². The van der Waals surface area contributed by atoms with Gasteiger partial charge in [-0.1, -0.05) is 23.2 Å². The number of aryl methyl sites for hydroxylation is 2. The number of aromatic amines is 1. The third-order valence-electron chi connectivity index (χ3n) is 6.25. The second-order valence-corrected chi connectivity index (χ2v) is 9.73. The molecule has 2 N–H and O–H groups in total. The Hall–Kier alpha value is -4.36. The number of benzene rings is 2. The minimum atomic E-state index is -1.68. The van der Waals surface area contributed by atoms with Crippen molar-refractivity contribution < 1.29 is 13.2 Å². The number of hydrogen-bond acceptors (Lipinski definition) is 6. The first-order chi connectivity index (χ1) is 18.9. The van der Waals surface area contributed by atoms with E-state index < -0.39 is 47.5 Å². The van der Waals surface area contributed by atoms with Gasteiger partial charge in [0.05, 0.1) is 39.9 Å². The first kappa shape index (κ1) is 27.2. The molecule has 0 spiro atoms. The van der Waals surface area contributed by atoms with E-state index >= 15 is 0 Å². The number of pyridine rings is 1. The lowest BCUT2D eigenvalue weighted by atomic mass is 10.2. The van der Waals surface area contributed by atoms with Crippen molar-refractivity contribution in [2.24, 2.45) is 7.05 Å². The molecule has 0 aliphatic heterocycles. The molecule has 0 unspecified atom stereocenters. The van der Waals surface area contributed by atoms with Gasteiger partial charge in [-0.25, -0.2) is 32.3 Å². The summed E-state index contributed by atoms with van der Waals surface area (Å²) in [5, 5.41) is 3.17. The van der Waals surface area contributed by atoms with Gasteiger partial charge in [-0.2, -0.15) is 4.98 Å². The van der Waals surface area contributed by atoms with Crippen LogP contribution in [0.5, 0.6) is 0 Å². The van der Waals surface area contributed by atoms with Crippen molar-refractivity contribution in [1.82, 2.24) is 28.7 Å². The van der Waals surface area contributed by atoms with Crippen LogP contribution in [-0.2, 0) is 20.1 Å². The fourth-order valence-corrected chi connectivity index (χ4v) is 4.51. The maximum Gasteiger partial charge on any atom is 0.355 e. The average molecular weight is 592 g/mol. The summed E-state index contributed by atoms with van der Waals surface area (Å²) in [6.07, 6.45) is 1.24. The lowest BCUT2D eigenvalue weighted by Crippen LogP contribution is -2.43. The summed E-state index contributed by atoms with van der Waals surface area (Å²) in [6, 6.07) is 5.90. The van der Waals surface area contributed by atoms with Crippen LogP contribution in [0.3, 0.4) is 0 Å². The van der Waals surface area contributed by atoms with Crippen molar-refractivity contribution >= 4 is 45.9 Å². The largest absolute Gasteiger partial charge is 0.355 e. The van der Waals surface area contributed by atoms with Crippen molar-refractivity contribution in [2.75, 3.05) is 5.32 Å². The molecule has 0 aliphatic rings. The molecule has 5 rings (SSSR count). The lowest BCUT2D eigenvalue weighted by Gasteiger charge is -2.16. The van der Waals surface area contributed by atoms with Crippen molar-refractivity contribution in [3.63, 3.8) is 0 Å². The van der Waals surface area contributed by atoms with Gasteiger partial charge in [-0.15, -0.1) is 0 Å². The summed E-state index contributed by atoms with van der Waals surface area (Å²) in [4.78, 5) is 49.6. The summed E-state index contributed by atoms with van der Waals surface area (Å²) in [5.41, 5.74) is -1.25. The van der Waals surface area contributed by atoms with Crippen LogP contribution < -0.4 is 22.3 Å². The van der Waals surface area contributed by atoms with Crippen LogP contribution in [0.4, 0.5) is 24.8 Å². The van der Waals surface area contributed by atoms with Gasteiger partial charge >= 0.3 is 11.4 Å². The Morgan fingerprint density at radius 2 is 1.65 bits per heavy atom. The molecule has 206 valence electrons. The predicted octanol–water partition coefficient (Wildman–Crippen LogP) is 3.85. The zero-order chi connectivity index (χ0) is 28.9. The van der Waals surface area contributed by atoms with Crippen molar-refractivity contribution in [2.45, 2.75) is 20.0 Å². The van der Waals surface area contributed by atoms with Gasteiger partial charge < -0.3 is 14.9 Å². The molecule has 40 heavy (non-hydrogen) atoms. The van der Waals surface area contributed by atoms with Crippen molar-refractivity contribution in [3.05, 3.63) is 112 Å². The zero-order valence-electron chi connectivity index (χ0n) is 20.7. The molecule has 0 atom stereocenters. The fraction of sp³-hybridized carbons (Fsp3) is 0.160. The highest BCUT2D eigenvalue weighted by Gasteiger charge is 2.19. The monoisotopic (exact) mass is 591 g/mol. The topological polar surface area (TPSA) is 120 Å². The van der Waals surface area contributed by atoms with Gasteiger partial charge in [0.15, 0.2) is 17.5 Å². The molecule has 0 saturated carbocycles. The first-order valence-electron chi connectivity index (χ1n) is 11.5. The standard InChI is InChI=1S/C25H18Cl2F3N7O3/c1-11-32-19-6-15(27)18(7-20(19)35(11)2)33-23-34-24(39)37(10-13-5-14(26)8-31-22(13)38)25(40)36(23)9-12-3-16(28)21(30)17(29)4-12/h3-8H,9-10H2,1-2H3,(H,31,38)(H,33,34,39). The Morgan fingerprint density at radius 1 is 0.950 bits per heavy atom. The van der Waals surface area contributed by atoms with E-state index in [1.54, 1.807) is 30.7 Å². The number of nitrogens with one attached hydrogen (secondary N) is 2. The quantitative estimate of drug-likeness (QED) is 0.289. The SMILES string of the molecule is Cc1nc2cc(Cl)c(Nc3nc(=O)n(Cc4cc(Cl)c[nH]c4=O)c(=O)n3Cc3cc(F)c(F)c(F)c3)cc2n1C. The highest BCUT2D eigenvalue weighted by Crippen LogP contribution is 2.30. The first-order valence-corrected chi connectivity index (χ1v) is 12.3. The highest BCUT2D eigenvalue weighted by molar-refractivity contribution is 6.34. The predicted molar refractivity (Wildman–Crippen MR) is 143 cm³/mol. The van der Waals surface area contributed by atoms with Crippen LogP contribution in [0.15, 0.2) is 50.9 Å². The minimum Gasteiger partial charge on any atom is -0.331 e. The van der Waals surface area contributed by atoms with E-state index in [9.17, 15) is 27.6 Å². The third-order valence-corrected chi connectivity index (χ3v) is 6.78. The molecule has 0 amide bonds. The Morgan fingerprint density at radius 3 is 2.35 bits per heavy atom. The molecule has 3 aromatic heterocycles. The van der Waals surface area contributed by atoms with Crippen LogP contribution in [-0.4, -0.2) is 28.7 Å². The number of imidazole rings is 1. The number of aromatic nitrogens is 6. The second kappa shape index (κ2) is 10.3. The Labute approximate surface area is 232 Å². The van der Waals surface area contributed by atoms with E-state index in [0.717, 1.165) is 4.57 Å². The Bertz CT molecular complexity index is 1980. The number of hydrogen-bond donors (Lipinski definition) is 2. The molecule has 15 heteroatoms. The van der Waals surface area contributed by atoms with E-state index in [2.05, 4.69) is 20.3 Å². The third kappa shape index (κ3) is 5.00. The lowest BCUT2D eigenvalue weighted by molar-refractivity contribution is 0.444. The number of fused-ring (bicyclic) bond motifs is 1. The van der Waals surface area contributed by atoms with Gasteiger partial charge in [-0.3, -0.25) is 9.36 Å². The van der Waals surface area contributed by atoms with Crippen LogP contribution in [0.2, 0.25) is 10.0 Å². The summed E-state index contributed by atoms with van der Waals surface area (Å²) in [6.45, 7) is 0.763. The molecule has 0 bridgehead atoms. The highest BCUT2D eigenvalue weighted by atomic mass is 35.5. The fourth-order valence-electron chi connectivity index (χ4n) is 4.12. The van der Waals surface area contributed by atoms with E-state index in [-0.39, 0.29) is 32.8 Å². The summed E-state index contributed by atoms with van der Waals surface area (Å²) >= 11 is 12.4. The number of halogens is 5. The Kier molecular flexibility index (Phi) is 7.02. The van der Waals surface area contributed by atoms with E-state index in [0.29, 0.717) is 33.6 Å². The molecule has 10 nitrogen and oxygen atoms in total. The zero-order valence-corrected chi connectivity index (χ0v) is 22.2. The van der Waals surface area contributed by atoms with Crippen LogP contribution in [0.1, 0.15) is 17.0 Å². The maximum atomic E-state index is 14.0. The second-order valence-electron chi connectivity index (χ2n) is 8.88. The molecule has 5 aromatic rings. The van der Waals surface area contributed by atoms with Crippen molar-refractivity contribution in [1.29, 1.82) is 0 Å². The summed E-state index contributed by atoms with van der Waals surface area (Å²) in [5.74, 6) is -4.23. The molecular formula is C25H18Cl2F3N7O3. The maximum absolute atomic E-state index is 14.0. The van der Waals surface area contributed by atoms with E-state index in [1.807, 2.05) is 0 Å². The summed E-state index contributed by atoms with van der Waals surface area (Å²) < 4.78 is 44.9. The molecule has 0 fully saturated rings. The molecule has 0 aliphatic carbocycles. The molecule has 0 radical (unpaired) electrons. The number of nitrogens with zero attached hydrogens (tertiary/aromatic N) is 5. The Balaban J connectivity index is 1.67. The van der Waals surface area contributed by atoms with Gasteiger partial charge in [0, 0.05) is 18.8 Å². The molecular weight excluding hydrogens is 574 g/mol. The van der Waals surface area contributed by atoms with Crippen molar-refractivity contribution in [3.8, 4) is 0 Å². The van der Waals surface area contributed by atoms with Gasteiger partial charge in [-0.05, 0) is 42.8 Å². The van der Waals surface area contributed by atoms with Crippen LogP contribution >= 0.6 is 23.2 Å². The molecule has 0 saturated heterocycles. The number of rotatable bonds is 6. The van der Waals surface area contributed by atoms with E-state index in [1.165, 1.54) is 12.3 Å². The number of anilines is 2. The summed E-state index contributed by atoms with van der Waals surface area (Å²) in [7, 11) is 1.78. The van der Waals surface area contributed by atoms with Gasteiger partial charge in [0.25, 0.3) is 5.56 Å². The van der Waals surface area contributed by atoms with Gasteiger partial charge in [0.2, 0.25) is 5.95 Å².